The van der Waals surface area contributed by atoms with Crippen molar-refractivity contribution in [2.75, 3.05) is 5.73 Å². The zero-order valence-corrected chi connectivity index (χ0v) is 17.7. The minimum atomic E-state index is -0.264. The third kappa shape index (κ3) is 3.56. The van der Waals surface area contributed by atoms with Gasteiger partial charge in [0.25, 0.3) is 5.91 Å². The van der Waals surface area contributed by atoms with Gasteiger partial charge in [-0.3, -0.25) is 4.79 Å². The van der Waals surface area contributed by atoms with Crippen LogP contribution in [0.25, 0.3) is 22.2 Å². The Labute approximate surface area is 185 Å². The summed E-state index contributed by atoms with van der Waals surface area (Å²) in [4.78, 5) is 23.0. The average Bonchev–Trinajstić information content (AvgIpc) is 3.09. The van der Waals surface area contributed by atoms with Crippen molar-refractivity contribution in [2.24, 2.45) is 0 Å². The molecule has 2 heterocycles. The maximum absolute atomic E-state index is 13.4. The quantitative estimate of drug-likeness (QED) is 0.430. The van der Waals surface area contributed by atoms with Crippen LogP contribution in [-0.4, -0.2) is 20.4 Å². The molecule has 0 radical (unpaired) electrons. The highest BCUT2D eigenvalue weighted by Gasteiger charge is 2.25. The van der Waals surface area contributed by atoms with Gasteiger partial charge in [-0.1, -0.05) is 72.8 Å². The van der Waals surface area contributed by atoms with Gasteiger partial charge in [-0.2, -0.15) is 0 Å². The monoisotopic (exact) mass is 421 g/mol. The smallest absolute Gasteiger partial charge is 0.257 e. The molecule has 0 bridgehead atoms. The number of rotatable bonds is 5. The highest BCUT2D eigenvalue weighted by Crippen LogP contribution is 2.29. The molecule has 3 N–H and O–H groups in total. The molecule has 1 atom stereocenters. The number of fused-ring (bicyclic) bond motifs is 2. The predicted octanol–water partition coefficient (Wildman–Crippen LogP) is 4.71. The second-order valence-electron chi connectivity index (χ2n) is 7.82. The first-order chi connectivity index (χ1) is 15.6. The molecule has 0 saturated heterocycles. The van der Waals surface area contributed by atoms with Gasteiger partial charge in [-0.15, -0.1) is 0 Å². The summed E-state index contributed by atoms with van der Waals surface area (Å²) in [6.45, 7) is 2.45. The lowest BCUT2D eigenvalue weighted by atomic mass is 10.1. The van der Waals surface area contributed by atoms with Crippen molar-refractivity contribution in [2.45, 2.75) is 19.5 Å². The average molecular weight is 422 g/mol. The molecule has 0 aliphatic carbocycles. The van der Waals surface area contributed by atoms with Gasteiger partial charge in [0, 0.05) is 0 Å². The Morgan fingerprint density at radius 3 is 2.19 bits per heavy atom. The van der Waals surface area contributed by atoms with Gasteiger partial charge >= 0.3 is 0 Å². The van der Waals surface area contributed by atoms with Crippen molar-refractivity contribution in [1.82, 2.24) is 19.9 Å². The van der Waals surface area contributed by atoms with Crippen molar-refractivity contribution < 1.29 is 4.79 Å². The van der Waals surface area contributed by atoms with Gasteiger partial charge in [0.15, 0.2) is 5.65 Å². The van der Waals surface area contributed by atoms with E-state index in [1.54, 1.807) is 0 Å². The van der Waals surface area contributed by atoms with Crippen molar-refractivity contribution in [3.8, 4) is 0 Å². The van der Waals surface area contributed by atoms with Gasteiger partial charge in [-0.05, 0) is 30.2 Å². The molecular formula is C26H23N5O. The van der Waals surface area contributed by atoms with Gasteiger partial charge < -0.3 is 15.6 Å². The third-order valence-corrected chi connectivity index (χ3v) is 5.65. The Kier molecular flexibility index (Phi) is 5.03. The largest absolute Gasteiger partial charge is 0.384 e. The van der Waals surface area contributed by atoms with E-state index in [1.165, 1.54) is 0 Å². The molecule has 0 unspecified atom stereocenters. The Morgan fingerprint density at radius 1 is 0.906 bits per heavy atom. The molecule has 0 aliphatic rings. The highest BCUT2D eigenvalue weighted by molar-refractivity contribution is 6.10. The Bertz CT molecular complexity index is 1410. The van der Waals surface area contributed by atoms with Crippen LogP contribution in [0.1, 0.15) is 34.5 Å². The summed E-state index contributed by atoms with van der Waals surface area (Å²) in [6, 6.07) is 27.3. The molecule has 0 spiro atoms. The molecule has 158 valence electrons. The van der Waals surface area contributed by atoms with Crippen LogP contribution < -0.4 is 11.1 Å². The second kappa shape index (κ2) is 8.15. The van der Waals surface area contributed by atoms with Crippen molar-refractivity contribution >= 4 is 33.9 Å². The second-order valence-corrected chi connectivity index (χ2v) is 7.82. The van der Waals surface area contributed by atoms with Crippen LogP contribution in [0.3, 0.4) is 0 Å². The van der Waals surface area contributed by atoms with Crippen LogP contribution in [0.4, 0.5) is 5.82 Å². The zero-order chi connectivity index (χ0) is 22.1. The van der Waals surface area contributed by atoms with E-state index in [1.807, 2.05) is 96.4 Å². The number of amides is 1. The molecule has 0 aliphatic heterocycles. The molecule has 1 amide bonds. The number of nitrogens with one attached hydrogen (secondary N) is 1. The van der Waals surface area contributed by atoms with Gasteiger partial charge in [0.2, 0.25) is 0 Å². The Morgan fingerprint density at radius 2 is 1.50 bits per heavy atom. The summed E-state index contributed by atoms with van der Waals surface area (Å²) in [6.07, 6.45) is 0. The fourth-order valence-electron chi connectivity index (χ4n) is 3.96. The molecule has 5 aromatic rings. The lowest BCUT2D eigenvalue weighted by Gasteiger charge is -2.14. The summed E-state index contributed by atoms with van der Waals surface area (Å²) < 4.78 is 1.87. The van der Waals surface area contributed by atoms with Gasteiger partial charge in [0.1, 0.15) is 16.9 Å². The number of nitrogens with two attached hydrogens (primary N) is 1. The van der Waals surface area contributed by atoms with Crippen LogP contribution in [0, 0.1) is 0 Å². The molecular weight excluding hydrogens is 398 g/mol. The maximum Gasteiger partial charge on any atom is 0.257 e. The van der Waals surface area contributed by atoms with Crippen LogP contribution in [0.5, 0.6) is 0 Å². The fraction of sp³-hybridized carbons (Fsp3) is 0.115. The van der Waals surface area contributed by atoms with Gasteiger partial charge in [-0.25, -0.2) is 9.97 Å². The number of hydrogen-bond acceptors (Lipinski definition) is 4. The van der Waals surface area contributed by atoms with E-state index < -0.39 is 0 Å². The summed E-state index contributed by atoms with van der Waals surface area (Å²) in [5.74, 6) is 0.0946. The van der Waals surface area contributed by atoms with E-state index in [9.17, 15) is 4.79 Å². The van der Waals surface area contributed by atoms with E-state index in [2.05, 4.69) is 5.32 Å². The number of para-hydroxylation sites is 2. The van der Waals surface area contributed by atoms with Gasteiger partial charge in [0.05, 0.1) is 23.6 Å². The molecule has 3 aromatic carbocycles. The van der Waals surface area contributed by atoms with Crippen molar-refractivity contribution in [3.63, 3.8) is 0 Å². The van der Waals surface area contributed by atoms with E-state index in [-0.39, 0.29) is 11.9 Å². The minimum absolute atomic E-state index is 0.177. The molecule has 6 nitrogen and oxygen atoms in total. The number of carbonyl (C=O) groups is 1. The standard InChI is InChI=1S/C26H23N5O/c1-17(19-12-6-3-7-13-19)28-26(32)22-23-25(30-21-15-9-8-14-20(21)29-23)31(24(22)27)16-18-10-4-2-5-11-18/h2-15,17H,16,27H2,1H3,(H,28,32)/t17-/m1/s1. The maximum atomic E-state index is 13.4. The van der Waals surface area contributed by atoms with Crippen molar-refractivity contribution in [1.29, 1.82) is 0 Å². The first-order valence-corrected chi connectivity index (χ1v) is 10.6. The number of hydrogen-bond donors (Lipinski definition) is 2. The normalized spacial score (nSPS) is 12.2. The number of carbonyl (C=O) groups excluding carboxylic acids is 1. The minimum Gasteiger partial charge on any atom is -0.384 e. The van der Waals surface area contributed by atoms with E-state index in [4.69, 9.17) is 15.7 Å². The van der Waals surface area contributed by atoms with Crippen molar-refractivity contribution in [3.05, 3.63) is 102 Å². The predicted molar refractivity (Wildman–Crippen MR) is 127 cm³/mol. The molecule has 5 rings (SSSR count). The lowest BCUT2D eigenvalue weighted by molar-refractivity contribution is 0.0942. The van der Waals surface area contributed by atoms with E-state index in [0.29, 0.717) is 29.1 Å². The highest BCUT2D eigenvalue weighted by atomic mass is 16.1. The number of nitrogen functional groups attached to an aromatic ring is 1. The SMILES string of the molecule is C[C@@H](NC(=O)c1c(N)n(Cc2ccccc2)c2nc3ccccc3nc12)c1ccccc1. The molecule has 0 saturated carbocycles. The summed E-state index contributed by atoms with van der Waals surface area (Å²) in [5, 5.41) is 3.07. The summed E-state index contributed by atoms with van der Waals surface area (Å²) in [5.41, 5.74) is 11.6. The Balaban J connectivity index is 1.63. The molecule has 32 heavy (non-hydrogen) atoms. The molecule has 6 heteroatoms. The third-order valence-electron chi connectivity index (χ3n) is 5.65. The number of anilines is 1. The zero-order valence-electron chi connectivity index (χ0n) is 17.7. The summed E-state index contributed by atoms with van der Waals surface area (Å²) >= 11 is 0. The number of nitrogens with zero attached hydrogens (tertiary/aromatic N) is 3. The number of aromatic nitrogens is 3. The topological polar surface area (TPSA) is 85.8 Å². The molecule has 0 fully saturated rings. The van der Waals surface area contributed by atoms with Crippen LogP contribution in [0.15, 0.2) is 84.9 Å². The van der Waals surface area contributed by atoms with Crippen LogP contribution in [-0.2, 0) is 6.54 Å². The lowest BCUT2D eigenvalue weighted by Crippen LogP contribution is -2.27. The Hall–Kier alpha value is -4.19. The fourth-order valence-corrected chi connectivity index (χ4v) is 3.96. The first kappa shape index (κ1) is 19.8. The molecule has 2 aromatic heterocycles. The van der Waals surface area contributed by atoms with Crippen LogP contribution >= 0.6 is 0 Å². The first-order valence-electron chi connectivity index (χ1n) is 10.6. The number of benzene rings is 3. The van der Waals surface area contributed by atoms with E-state index >= 15 is 0 Å². The van der Waals surface area contributed by atoms with E-state index in [0.717, 1.165) is 22.2 Å². The summed E-state index contributed by atoms with van der Waals surface area (Å²) in [7, 11) is 0. The van der Waals surface area contributed by atoms with Crippen LogP contribution in [0.2, 0.25) is 0 Å².